The highest BCUT2D eigenvalue weighted by molar-refractivity contribution is 4.80. The number of unbranched alkanes of at least 4 members (excludes halogenated alkanes) is 1. The molecule has 0 aromatic rings. The summed E-state index contributed by atoms with van der Waals surface area (Å²) in [6.45, 7) is 6.43. The van der Waals surface area contributed by atoms with Gasteiger partial charge in [0, 0.05) is 19.2 Å². The van der Waals surface area contributed by atoms with Crippen LogP contribution in [-0.2, 0) is 4.74 Å². The van der Waals surface area contributed by atoms with E-state index in [0.717, 1.165) is 13.2 Å². The van der Waals surface area contributed by atoms with Crippen LogP contribution in [0.15, 0.2) is 0 Å². The molecule has 72 valence electrons. The van der Waals surface area contributed by atoms with Crippen LogP contribution in [-0.4, -0.2) is 25.3 Å². The van der Waals surface area contributed by atoms with Gasteiger partial charge in [-0.05, 0) is 19.3 Å². The van der Waals surface area contributed by atoms with Crippen molar-refractivity contribution in [1.82, 2.24) is 5.32 Å². The Labute approximate surface area is 75.7 Å². The minimum Gasteiger partial charge on any atom is -0.377 e. The standard InChI is InChI=1S/C10H21NO/c1-3-5-6-12-10-7-9(4-2)11-8-10/h9-11H,3-8H2,1-2H3/t9-,10-/m0/s1. The number of rotatable bonds is 5. The van der Waals surface area contributed by atoms with Gasteiger partial charge in [-0.1, -0.05) is 20.3 Å². The number of hydrogen-bond acceptors (Lipinski definition) is 2. The van der Waals surface area contributed by atoms with E-state index in [2.05, 4.69) is 19.2 Å². The molecule has 1 N–H and O–H groups in total. The van der Waals surface area contributed by atoms with E-state index < -0.39 is 0 Å². The van der Waals surface area contributed by atoms with Crippen LogP contribution in [0.4, 0.5) is 0 Å². The maximum Gasteiger partial charge on any atom is 0.0714 e. The molecule has 1 saturated heterocycles. The maximum atomic E-state index is 5.71. The quantitative estimate of drug-likeness (QED) is 0.638. The van der Waals surface area contributed by atoms with Crippen molar-refractivity contribution in [3.63, 3.8) is 0 Å². The molecule has 0 aromatic heterocycles. The van der Waals surface area contributed by atoms with Gasteiger partial charge in [0.1, 0.15) is 0 Å². The predicted molar refractivity (Wildman–Crippen MR) is 51.3 cm³/mol. The van der Waals surface area contributed by atoms with Crippen molar-refractivity contribution in [2.75, 3.05) is 13.2 Å². The lowest BCUT2D eigenvalue weighted by Crippen LogP contribution is -2.20. The van der Waals surface area contributed by atoms with Crippen LogP contribution < -0.4 is 5.32 Å². The summed E-state index contributed by atoms with van der Waals surface area (Å²) in [4.78, 5) is 0. The third-order valence-electron chi connectivity index (χ3n) is 2.53. The Hall–Kier alpha value is -0.0800. The zero-order valence-corrected chi connectivity index (χ0v) is 8.31. The lowest BCUT2D eigenvalue weighted by atomic mass is 10.1. The fourth-order valence-corrected chi connectivity index (χ4v) is 1.61. The van der Waals surface area contributed by atoms with E-state index in [9.17, 15) is 0 Å². The molecule has 0 bridgehead atoms. The number of nitrogens with one attached hydrogen (secondary N) is 1. The Kier molecular flexibility index (Phi) is 4.62. The van der Waals surface area contributed by atoms with Gasteiger partial charge in [0.25, 0.3) is 0 Å². The molecule has 0 spiro atoms. The number of hydrogen-bond donors (Lipinski definition) is 1. The van der Waals surface area contributed by atoms with E-state index in [0.29, 0.717) is 12.1 Å². The third-order valence-corrected chi connectivity index (χ3v) is 2.53. The first-order valence-corrected chi connectivity index (χ1v) is 5.21. The van der Waals surface area contributed by atoms with Gasteiger partial charge < -0.3 is 10.1 Å². The van der Waals surface area contributed by atoms with Gasteiger partial charge in [-0.15, -0.1) is 0 Å². The minimum atomic E-state index is 0.487. The van der Waals surface area contributed by atoms with E-state index in [1.807, 2.05) is 0 Å². The molecule has 1 aliphatic rings. The van der Waals surface area contributed by atoms with E-state index in [-0.39, 0.29) is 0 Å². The molecule has 0 aliphatic carbocycles. The van der Waals surface area contributed by atoms with E-state index >= 15 is 0 Å². The van der Waals surface area contributed by atoms with Gasteiger partial charge in [-0.3, -0.25) is 0 Å². The van der Waals surface area contributed by atoms with Crippen molar-refractivity contribution in [2.24, 2.45) is 0 Å². The Bertz CT molecular complexity index is 116. The van der Waals surface area contributed by atoms with Gasteiger partial charge in [-0.25, -0.2) is 0 Å². The third kappa shape index (κ3) is 3.11. The first-order chi connectivity index (χ1) is 5.86. The molecule has 1 rings (SSSR count). The molecule has 1 heterocycles. The lowest BCUT2D eigenvalue weighted by Gasteiger charge is -2.09. The molecule has 0 aromatic carbocycles. The Morgan fingerprint density at radius 3 is 2.83 bits per heavy atom. The van der Waals surface area contributed by atoms with Crippen LogP contribution in [0.25, 0.3) is 0 Å². The molecule has 0 amide bonds. The SMILES string of the molecule is CCCCO[C@@H]1CN[C@@H](CC)C1. The fourth-order valence-electron chi connectivity index (χ4n) is 1.61. The second kappa shape index (κ2) is 5.55. The molecule has 0 radical (unpaired) electrons. The van der Waals surface area contributed by atoms with Crippen molar-refractivity contribution in [1.29, 1.82) is 0 Å². The highest BCUT2D eigenvalue weighted by atomic mass is 16.5. The van der Waals surface area contributed by atoms with Crippen LogP contribution >= 0.6 is 0 Å². The van der Waals surface area contributed by atoms with Crippen molar-refractivity contribution in [3.05, 3.63) is 0 Å². The normalized spacial score (nSPS) is 29.5. The summed E-state index contributed by atoms with van der Waals surface area (Å²) < 4.78 is 5.71. The second-order valence-electron chi connectivity index (χ2n) is 3.60. The summed E-state index contributed by atoms with van der Waals surface area (Å²) in [5.41, 5.74) is 0. The molecule has 0 unspecified atom stereocenters. The van der Waals surface area contributed by atoms with Crippen molar-refractivity contribution < 1.29 is 4.74 Å². The Balaban J connectivity index is 2.03. The van der Waals surface area contributed by atoms with E-state index in [1.165, 1.54) is 25.7 Å². The van der Waals surface area contributed by atoms with E-state index in [1.54, 1.807) is 0 Å². The average molecular weight is 171 g/mol. The fraction of sp³-hybridized carbons (Fsp3) is 1.00. The Morgan fingerprint density at radius 2 is 2.25 bits per heavy atom. The zero-order chi connectivity index (χ0) is 8.81. The molecular formula is C10H21NO. The maximum absolute atomic E-state index is 5.71. The summed E-state index contributed by atoms with van der Waals surface area (Å²) in [7, 11) is 0. The van der Waals surface area contributed by atoms with Crippen LogP contribution in [0.1, 0.15) is 39.5 Å². The highest BCUT2D eigenvalue weighted by Crippen LogP contribution is 2.12. The highest BCUT2D eigenvalue weighted by Gasteiger charge is 2.22. The van der Waals surface area contributed by atoms with Crippen molar-refractivity contribution in [2.45, 2.75) is 51.7 Å². The van der Waals surface area contributed by atoms with Gasteiger partial charge in [-0.2, -0.15) is 0 Å². The molecule has 0 saturated carbocycles. The van der Waals surface area contributed by atoms with Crippen LogP contribution in [0.2, 0.25) is 0 Å². The van der Waals surface area contributed by atoms with Gasteiger partial charge in [0.05, 0.1) is 6.10 Å². The predicted octanol–water partition coefficient (Wildman–Crippen LogP) is 1.94. The first-order valence-electron chi connectivity index (χ1n) is 5.21. The Morgan fingerprint density at radius 1 is 1.42 bits per heavy atom. The summed E-state index contributed by atoms with van der Waals surface area (Å²) >= 11 is 0. The van der Waals surface area contributed by atoms with Crippen LogP contribution in [0.3, 0.4) is 0 Å². The monoisotopic (exact) mass is 171 g/mol. The average Bonchev–Trinajstić information content (AvgIpc) is 2.53. The van der Waals surface area contributed by atoms with Gasteiger partial charge in [0.2, 0.25) is 0 Å². The summed E-state index contributed by atoms with van der Waals surface area (Å²) in [5, 5.41) is 3.46. The van der Waals surface area contributed by atoms with Crippen molar-refractivity contribution in [3.8, 4) is 0 Å². The van der Waals surface area contributed by atoms with Gasteiger partial charge >= 0.3 is 0 Å². The molecule has 2 heteroatoms. The lowest BCUT2D eigenvalue weighted by molar-refractivity contribution is 0.0633. The summed E-state index contributed by atoms with van der Waals surface area (Å²) in [6.07, 6.45) is 5.36. The smallest absolute Gasteiger partial charge is 0.0714 e. The molecule has 2 atom stereocenters. The summed E-state index contributed by atoms with van der Waals surface area (Å²) in [5.74, 6) is 0. The van der Waals surface area contributed by atoms with Crippen LogP contribution in [0.5, 0.6) is 0 Å². The largest absolute Gasteiger partial charge is 0.377 e. The molecule has 1 fully saturated rings. The molecule has 12 heavy (non-hydrogen) atoms. The first kappa shape index (κ1) is 10.0. The van der Waals surface area contributed by atoms with Crippen LogP contribution in [0, 0.1) is 0 Å². The van der Waals surface area contributed by atoms with Crippen molar-refractivity contribution >= 4 is 0 Å². The zero-order valence-electron chi connectivity index (χ0n) is 8.31. The number of ether oxygens (including phenoxy) is 1. The molecule has 1 aliphatic heterocycles. The molecular weight excluding hydrogens is 150 g/mol. The van der Waals surface area contributed by atoms with E-state index in [4.69, 9.17) is 4.74 Å². The molecule has 2 nitrogen and oxygen atoms in total. The second-order valence-corrected chi connectivity index (χ2v) is 3.60. The topological polar surface area (TPSA) is 21.3 Å². The van der Waals surface area contributed by atoms with Gasteiger partial charge in [0.15, 0.2) is 0 Å². The minimum absolute atomic E-state index is 0.487. The summed E-state index contributed by atoms with van der Waals surface area (Å²) in [6, 6.07) is 0.705.